The minimum absolute atomic E-state index is 0.493. The largest absolute Gasteiger partial charge is 0.327 e. The van der Waals surface area contributed by atoms with Gasteiger partial charge in [-0.1, -0.05) is 6.92 Å². The van der Waals surface area contributed by atoms with Crippen molar-refractivity contribution in [2.75, 3.05) is 13.1 Å². The van der Waals surface area contributed by atoms with Gasteiger partial charge in [0, 0.05) is 6.04 Å². The molecular formula is C9H18N2. The van der Waals surface area contributed by atoms with Crippen LogP contribution in [0.3, 0.4) is 0 Å². The summed E-state index contributed by atoms with van der Waals surface area (Å²) in [6.45, 7) is 4.75. The highest BCUT2D eigenvalue weighted by molar-refractivity contribution is 5.07. The number of nitrogens with one attached hydrogen (secondary N) is 1. The van der Waals surface area contributed by atoms with E-state index in [1.165, 1.54) is 32.4 Å². The lowest BCUT2D eigenvalue weighted by Crippen LogP contribution is -2.36. The monoisotopic (exact) mass is 154 g/mol. The number of hydrogen-bond donors (Lipinski definition) is 2. The number of rotatable bonds is 1. The summed E-state index contributed by atoms with van der Waals surface area (Å²) in [4.78, 5) is 0. The van der Waals surface area contributed by atoms with Gasteiger partial charge in [-0.15, -0.1) is 0 Å². The topological polar surface area (TPSA) is 38.0 Å². The zero-order valence-electron chi connectivity index (χ0n) is 7.27. The molecular weight excluding hydrogens is 136 g/mol. The van der Waals surface area contributed by atoms with Gasteiger partial charge in [0.2, 0.25) is 0 Å². The molecule has 3 unspecified atom stereocenters. The van der Waals surface area contributed by atoms with Crippen molar-refractivity contribution in [1.82, 2.24) is 5.32 Å². The highest BCUT2D eigenvalue weighted by Gasteiger charge is 2.52. The van der Waals surface area contributed by atoms with Crippen LogP contribution >= 0.6 is 0 Å². The Labute approximate surface area is 68.5 Å². The Hall–Kier alpha value is -0.0800. The molecule has 0 bridgehead atoms. The second kappa shape index (κ2) is 2.46. The molecule has 2 aliphatic rings. The molecule has 0 aromatic heterocycles. The van der Waals surface area contributed by atoms with E-state index in [2.05, 4.69) is 12.2 Å². The molecule has 1 aliphatic heterocycles. The van der Waals surface area contributed by atoms with Crippen LogP contribution in [0, 0.1) is 11.3 Å². The van der Waals surface area contributed by atoms with Gasteiger partial charge in [0.25, 0.3) is 0 Å². The second-order valence-corrected chi connectivity index (χ2v) is 4.36. The highest BCUT2D eigenvalue weighted by atomic mass is 14.9. The molecule has 0 aromatic rings. The minimum Gasteiger partial charge on any atom is -0.327 e. The Morgan fingerprint density at radius 3 is 2.73 bits per heavy atom. The Kier molecular flexibility index (Phi) is 1.69. The molecule has 2 rings (SSSR count). The van der Waals surface area contributed by atoms with Crippen molar-refractivity contribution in [3.63, 3.8) is 0 Å². The summed E-state index contributed by atoms with van der Waals surface area (Å²) < 4.78 is 0. The van der Waals surface area contributed by atoms with Crippen molar-refractivity contribution in [3.8, 4) is 0 Å². The van der Waals surface area contributed by atoms with Crippen LogP contribution < -0.4 is 11.1 Å². The maximum Gasteiger partial charge on any atom is 0.0102 e. The summed E-state index contributed by atoms with van der Waals surface area (Å²) in [5, 5.41) is 3.45. The highest BCUT2D eigenvalue weighted by Crippen LogP contribution is 2.52. The zero-order valence-corrected chi connectivity index (χ0v) is 7.27. The van der Waals surface area contributed by atoms with E-state index in [4.69, 9.17) is 5.73 Å². The fraction of sp³-hybridized carbons (Fsp3) is 1.00. The Bertz CT molecular complexity index is 152. The van der Waals surface area contributed by atoms with E-state index in [1.54, 1.807) is 0 Å². The summed E-state index contributed by atoms with van der Waals surface area (Å²) in [5.74, 6) is 0.853. The Balaban J connectivity index is 1.94. The number of hydrogen-bond acceptors (Lipinski definition) is 2. The first kappa shape index (κ1) is 7.56. The first-order chi connectivity index (χ1) is 5.23. The summed E-state index contributed by atoms with van der Waals surface area (Å²) in [5.41, 5.74) is 6.40. The number of piperidine rings is 1. The molecule has 1 saturated heterocycles. The first-order valence-corrected chi connectivity index (χ1v) is 4.70. The molecule has 1 heterocycles. The quantitative estimate of drug-likeness (QED) is 0.584. The van der Waals surface area contributed by atoms with Crippen molar-refractivity contribution in [2.24, 2.45) is 17.1 Å². The van der Waals surface area contributed by atoms with Crippen molar-refractivity contribution < 1.29 is 0 Å². The zero-order chi connectivity index (χ0) is 7.90. The van der Waals surface area contributed by atoms with Gasteiger partial charge in [-0.25, -0.2) is 0 Å². The fourth-order valence-corrected chi connectivity index (χ4v) is 2.30. The average molecular weight is 154 g/mol. The summed E-state index contributed by atoms with van der Waals surface area (Å²) in [6.07, 6.45) is 3.98. The molecule has 0 radical (unpaired) electrons. The van der Waals surface area contributed by atoms with Gasteiger partial charge >= 0.3 is 0 Å². The minimum atomic E-state index is 0.493. The van der Waals surface area contributed by atoms with Crippen LogP contribution in [-0.4, -0.2) is 19.1 Å². The van der Waals surface area contributed by atoms with E-state index in [0.29, 0.717) is 11.5 Å². The summed E-state index contributed by atoms with van der Waals surface area (Å²) in [6, 6.07) is 0.493. The van der Waals surface area contributed by atoms with Crippen molar-refractivity contribution in [2.45, 2.75) is 32.2 Å². The molecule has 0 aromatic carbocycles. The molecule has 3 N–H and O–H groups in total. The third-order valence-electron chi connectivity index (χ3n) is 3.58. The summed E-state index contributed by atoms with van der Waals surface area (Å²) >= 11 is 0. The Morgan fingerprint density at radius 1 is 1.55 bits per heavy atom. The molecule has 3 atom stereocenters. The van der Waals surface area contributed by atoms with E-state index >= 15 is 0 Å². The molecule has 11 heavy (non-hydrogen) atoms. The SMILES string of the molecule is CC1(C2CCCNC2)CC1N. The van der Waals surface area contributed by atoms with Gasteiger partial charge in [-0.3, -0.25) is 0 Å². The van der Waals surface area contributed by atoms with E-state index < -0.39 is 0 Å². The van der Waals surface area contributed by atoms with E-state index in [1.807, 2.05) is 0 Å². The normalized spacial score (nSPS) is 50.7. The van der Waals surface area contributed by atoms with Crippen LogP contribution in [0.15, 0.2) is 0 Å². The lowest BCUT2D eigenvalue weighted by Gasteiger charge is -2.28. The molecule has 0 spiro atoms. The lowest BCUT2D eigenvalue weighted by molar-refractivity contribution is 0.255. The van der Waals surface area contributed by atoms with Crippen molar-refractivity contribution in [1.29, 1.82) is 0 Å². The lowest BCUT2D eigenvalue weighted by atomic mass is 9.84. The molecule has 1 saturated carbocycles. The maximum atomic E-state index is 5.90. The number of nitrogens with two attached hydrogens (primary N) is 1. The second-order valence-electron chi connectivity index (χ2n) is 4.36. The van der Waals surface area contributed by atoms with Gasteiger partial charge in [-0.05, 0) is 43.7 Å². The van der Waals surface area contributed by atoms with Crippen LogP contribution in [0.4, 0.5) is 0 Å². The van der Waals surface area contributed by atoms with E-state index in [9.17, 15) is 0 Å². The fourth-order valence-electron chi connectivity index (χ4n) is 2.30. The predicted molar refractivity (Wildman–Crippen MR) is 46.3 cm³/mol. The molecule has 2 heteroatoms. The van der Waals surface area contributed by atoms with Gasteiger partial charge < -0.3 is 11.1 Å². The standard InChI is InChI=1S/C9H18N2/c1-9(5-8(9)10)7-3-2-4-11-6-7/h7-8,11H,2-6,10H2,1H3. The van der Waals surface area contributed by atoms with Crippen LogP contribution in [0.2, 0.25) is 0 Å². The van der Waals surface area contributed by atoms with Gasteiger partial charge in [-0.2, -0.15) is 0 Å². The molecule has 2 fully saturated rings. The molecule has 2 nitrogen and oxygen atoms in total. The third kappa shape index (κ3) is 1.18. The van der Waals surface area contributed by atoms with Crippen molar-refractivity contribution in [3.05, 3.63) is 0 Å². The molecule has 0 amide bonds. The summed E-state index contributed by atoms with van der Waals surface area (Å²) in [7, 11) is 0. The molecule has 1 aliphatic carbocycles. The predicted octanol–water partition coefficient (Wildman–Crippen LogP) is 0.723. The van der Waals surface area contributed by atoms with Gasteiger partial charge in [0.15, 0.2) is 0 Å². The molecule has 64 valence electrons. The van der Waals surface area contributed by atoms with E-state index in [-0.39, 0.29) is 0 Å². The van der Waals surface area contributed by atoms with Gasteiger partial charge in [0.1, 0.15) is 0 Å². The van der Waals surface area contributed by atoms with Crippen molar-refractivity contribution >= 4 is 0 Å². The van der Waals surface area contributed by atoms with E-state index in [0.717, 1.165) is 5.92 Å². The average Bonchev–Trinajstić information content (AvgIpc) is 2.64. The maximum absolute atomic E-state index is 5.90. The smallest absolute Gasteiger partial charge is 0.0102 e. The third-order valence-corrected chi connectivity index (χ3v) is 3.58. The Morgan fingerprint density at radius 2 is 2.27 bits per heavy atom. The van der Waals surface area contributed by atoms with Crippen LogP contribution in [-0.2, 0) is 0 Å². The van der Waals surface area contributed by atoms with Crippen LogP contribution in [0.25, 0.3) is 0 Å². The van der Waals surface area contributed by atoms with Gasteiger partial charge in [0.05, 0.1) is 0 Å². The van der Waals surface area contributed by atoms with Crippen LogP contribution in [0.1, 0.15) is 26.2 Å². The van der Waals surface area contributed by atoms with Crippen LogP contribution in [0.5, 0.6) is 0 Å². The first-order valence-electron chi connectivity index (χ1n) is 4.70.